The summed E-state index contributed by atoms with van der Waals surface area (Å²) in [7, 11) is 0. The summed E-state index contributed by atoms with van der Waals surface area (Å²) in [5.74, 6) is 1.51. The van der Waals surface area contributed by atoms with Crippen LogP contribution in [-0.4, -0.2) is 34.1 Å². The molecule has 1 aromatic rings. The van der Waals surface area contributed by atoms with Gasteiger partial charge in [0.2, 0.25) is 5.91 Å². The van der Waals surface area contributed by atoms with Crippen molar-refractivity contribution in [1.29, 1.82) is 0 Å². The van der Waals surface area contributed by atoms with Crippen LogP contribution in [0.4, 0.5) is 5.69 Å². The molecule has 0 spiro atoms. The Morgan fingerprint density at radius 1 is 1.00 bits per heavy atom. The molecule has 5 heteroatoms. The molecule has 4 saturated carbocycles. The van der Waals surface area contributed by atoms with E-state index in [2.05, 4.69) is 21.2 Å². The number of benzene rings is 1. The SMILES string of the molecule is O=C(c1ccccc1NC(=O)C12CC3CC(CC(Br)(C3)C1)C2)N1CCCCC1. The predicted octanol–water partition coefficient (Wildman–Crippen LogP) is 4.99. The highest BCUT2D eigenvalue weighted by atomic mass is 79.9. The molecule has 1 N–H and O–H groups in total. The Balaban J connectivity index is 1.38. The molecule has 1 aromatic carbocycles. The first-order valence-electron chi connectivity index (χ1n) is 10.9. The van der Waals surface area contributed by atoms with Crippen molar-refractivity contribution in [3.8, 4) is 0 Å². The van der Waals surface area contributed by atoms with E-state index >= 15 is 0 Å². The molecule has 4 bridgehead atoms. The molecular weight excluding hydrogens is 416 g/mol. The van der Waals surface area contributed by atoms with Gasteiger partial charge < -0.3 is 10.2 Å². The van der Waals surface area contributed by atoms with Gasteiger partial charge in [-0.1, -0.05) is 28.1 Å². The highest BCUT2D eigenvalue weighted by Gasteiger charge is 2.59. The van der Waals surface area contributed by atoms with Crippen molar-refractivity contribution < 1.29 is 9.59 Å². The Bertz CT molecular complexity index is 788. The van der Waals surface area contributed by atoms with Crippen molar-refractivity contribution in [2.24, 2.45) is 17.3 Å². The summed E-state index contributed by atoms with van der Waals surface area (Å²) in [4.78, 5) is 28.5. The van der Waals surface area contributed by atoms with E-state index in [0.29, 0.717) is 23.1 Å². The van der Waals surface area contributed by atoms with Gasteiger partial charge in [0.15, 0.2) is 0 Å². The molecule has 28 heavy (non-hydrogen) atoms. The normalized spacial score (nSPS) is 36.4. The molecule has 6 rings (SSSR count). The first kappa shape index (κ1) is 18.7. The molecule has 4 aliphatic carbocycles. The molecule has 5 aliphatic rings. The Hall–Kier alpha value is -1.36. The number of para-hydroxylation sites is 1. The van der Waals surface area contributed by atoms with Gasteiger partial charge in [-0.15, -0.1) is 0 Å². The summed E-state index contributed by atoms with van der Waals surface area (Å²) >= 11 is 4.00. The number of nitrogens with zero attached hydrogens (tertiary/aromatic N) is 1. The van der Waals surface area contributed by atoms with Crippen molar-refractivity contribution >= 4 is 33.4 Å². The van der Waals surface area contributed by atoms with E-state index in [0.717, 1.165) is 45.2 Å². The molecule has 5 fully saturated rings. The molecule has 0 aromatic heterocycles. The zero-order valence-corrected chi connectivity index (χ0v) is 18.0. The number of piperidine rings is 1. The number of nitrogens with one attached hydrogen (secondary N) is 1. The fourth-order valence-corrected chi connectivity index (χ4v) is 8.17. The van der Waals surface area contributed by atoms with Gasteiger partial charge in [0, 0.05) is 17.4 Å². The van der Waals surface area contributed by atoms with E-state index in [1.807, 2.05) is 29.2 Å². The number of hydrogen-bond donors (Lipinski definition) is 1. The summed E-state index contributed by atoms with van der Waals surface area (Å²) < 4.78 is 0.150. The van der Waals surface area contributed by atoms with E-state index in [9.17, 15) is 9.59 Å². The maximum absolute atomic E-state index is 13.5. The summed E-state index contributed by atoms with van der Waals surface area (Å²) in [6.45, 7) is 1.64. The Morgan fingerprint density at radius 3 is 2.36 bits per heavy atom. The van der Waals surface area contributed by atoms with Crippen LogP contribution in [0.3, 0.4) is 0 Å². The lowest BCUT2D eigenvalue weighted by atomic mass is 9.49. The van der Waals surface area contributed by atoms with E-state index < -0.39 is 0 Å². The minimum Gasteiger partial charge on any atom is -0.339 e. The minimum atomic E-state index is -0.269. The van der Waals surface area contributed by atoms with Crippen LogP contribution in [0.2, 0.25) is 0 Å². The number of halogens is 1. The highest BCUT2D eigenvalue weighted by molar-refractivity contribution is 9.10. The monoisotopic (exact) mass is 444 g/mol. The van der Waals surface area contributed by atoms with Crippen molar-refractivity contribution in [3.63, 3.8) is 0 Å². The Kier molecular flexibility index (Phi) is 4.57. The average Bonchev–Trinajstić information content (AvgIpc) is 2.66. The summed E-state index contributed by atoms with van der Waals surface area (Å²) in [6.07, 6.45) is 9.98. The molecule has 0 radical (unpaired) electrons. The number of hydrogen-bond acceptors (Lipinski definition) is 2. The van der Waals surface area contributed by atoms with Gasteiger partial charge in [0.05, 0.1) is 16.7 Å². The summed E-state index contributed by atoms with van der Waals surface area (Å²) in [5.41, 5.74) is 1.05. The van der Waals surface area contributed by atoms with Gasteiger partial charge in [0.25, 0.3) is 5.91 Å². The largest absolute Gasteiger partial charge is 0.339 e. The number of anilines is 1. The van der Waals surface area contributed by atoms with Crippen LogP contribution in [-0.2, 0) is 4.79 Å². The Labute approximate surface area is 175 Å². The zero-order valence-electron chi connectivity index (χ0n) is 16.4. The van der Waals surface area contributed by atoms with Gasteiger partial charge in [0.1, 0.15) is 0 Å². The standard InChI is InChI=1S/C23H29BrN2O2/c24-23-13-16-10-17(14-23)12-22(11-16,15-23)21(28)25-19-7-3-2-6-18(19)20(27)26-8-4-1-5-9-26/h2-3,6-7,16-17H,1,4-5,8-15H2,(H,25,28). The fourth-order valence-electron chi connectivity index (χ4n) is 6.72. The fraction of sp³-hybridized carbons (Fsp3) is 0.652. The summed E-state index contributed by atoms with van der Waals surface area (Å²) in [5, 5.41) is 3.20. The van der Waals surface area contributed by atoms with Crippen molar-refractivity contribution in [2.75, 3.05) is 18.4 Å². The molecule has 1 aliphatic heterocycles. The molecule has 1 heterocycles. The number of likely N-dealkylation sites (tertiary alicyclic amines) is 1. The molecule has 2 atom stereocenters. The van der Waals surface area contributed by atoms with Crippen LogP contribution in [0.25, 0.3) is 0 Å². The molecule has 2 amide bonds. The third-order valence-corrected chi connectivity index (χ3v) is 8.45. The van der Waals surface area contributed by atoms with E-state index in [-0.39, 0.29) is 21.6 Å². The second kappa shape index (κ2) is 6.86. The minimum absolute atomic E-state index is 0.0538. The lowest BCUT2D eigenvalue weighted by Crippen LogP contribution is -2.57. The van der Waals surface area contributed by atoms with Crippen molar-refractivity contribution in [1.82, 2.24) is 4.90 Å². The number of carbonyl (C=O) groups excluding carboxylic acids is 2. The van der Waals surface area contributed by atoms with E-state index in [1.165, 1.54) is 25.7 Å². The van der Waals surface area contributed by atoms with Crippen molar-refractivity contribution in [2.45, 2.75) is 62.1 Å². The second-order valence-corrected chi connectivity index (χ2v) is 11.4. The van der Waals surface area contributed by atoms with E-state index in [4.69, 9.17) is 0 Å². The quantitative estimate of drug-likeness (QED) is 0.667. The van der Waals surface area contributed by atoms with Crippen LogP contribution < -0.4 is 5.32 Å². The van der Waals surface area contributed by atoms with Crippen molar-refractivity contribution in [3.05, 3.63) is 29.8 Å². The third-order valence-electron chi connectivity index (χ3n) is 7.52. The lowest BCUT2D eigenvalue weighted by Gasteiger charge is -2.59. The van der Waals surface area contributed by atoms with Crippen LogP contribution >= 0.6 is 15.9 Å². The maximum atomic E-state index is 13.5. The number of carbonyl (C=O) groups is 2. The topological polar surface area (TPSA) is 49.4 Å². The number of amides is 2. The first-order chi connectivity index (χ1) is 13.5. The molecule has 4 nitrogen and oxygen atoms in total. The zero-order chi connectivity index (χ0) is 19.4. The highest BCUT2D eigenvalue weighted by Crippen LogP contribution is 2.64. The lowest BCUT2D eigenvalue weighted by molar-refractivity contribution is -0.138. The van der Waals surface area contributed by atoms with Gasteiger partial charge in [-0.3, -0.25) is 9.59 Å². The second-order valence-electron chi connectivity index (χ2n) is 9.74. The van der Waals surface area contributed by atoms with E-state index in [1.54, 1.807) is 0 Å². The van der Waals surface area contributed by atoms with Crippen LogP contribution in [0, 0.1) is 17.3 Å². The maximum Gasteiger partial charge on any atom is 0.255 e. The van der Waals surface area contributed by atoms with Gasteiger partial charge in [-0.2, -0.15) is 0 Å². The van der Waals surface area contributed by atoms with Crippen LogP contribution in [0.5, 0.6) is 0 Å². The number of alkyl halides is 1. The number of rotatable bonds is 3. The van der Waals surface area contributed by atoms with Crippen LogP contribution in [0.15, 0.2) is 24.3 Å². The smallest absolute Gasteiger partial charge is 0.255 e. The van der Waals surface area contributed by atoms with Gasteiger partial charge in [-0.05, 0) is 81.8 Å². The predicted molar refractivity (Wildman–Crippen MR) is 114 cm³/mol. The van der Waals surface area contributed by atoms with Gasteiger partial charge in [-0.25, -0.2) is 0 Å². The molecule has 1 saturated heterocycles. The Morgan fingerprint density at radius 2 is 1.68 bits per heavy atom. The molecule has 2 unspecified atom stereocenters. The first-order valence-corrected chi connectivity index (χ1v) is 11.6. The third kappa shape index (κ3) is 3.20. The average molecular weight is 445 g/mol. The van der Waals surface area contributed by atoms with Crippen LogP contribution in [0.1, 0.15) is 68.1 Å². The summed E-state index contributed by atoms with van der Waals surface area (Å²) in [6, 6.07) is 7.55. The van der Waals surface area contributed by atoms with Gasteiger partial charge >= 0.3 is 0 Å². The molecule has 150 valence electrons. The molecular formula is C23H29BrN2O2.